The Bertz CT molecular complexity index is 489. The number of hydrogen-bond acceptors (Lipinski definition) is 3. The van der Waals surface area contributed by atoms with Gasteiger partial charge in [-0.2, -0.15) is 0 Å². The summed E-state index contributed by atoms with van der Waals surface area (Å²) in [5, 5.41) is 0.334. The molecule has 0 bridgehead atoms. The van der Waals surface area contributed by atoms with E-state index < -0.39 is 0 Å². The average Bonchev–Trinajstić information content (AvgIpc) is 2.38. The highest BCUT2D eigenvalue weighted by atomic mass is 35.5. The normalized spacial score (nSPS) is 10.1. The summed E-state index contributed by atoms with van der Waals surface area (Å²) in [6, 6.07) is 4.88. The first kappa shape index (κ1) is 15.3. The summed E-state index contributed by atoms with van der Waals surface area (Å²) in [6.45, 7) is 2.25. The number of para-hydroxylation sites is 1. The van der Waals surface area contributed by atoms with Crippen molar-refractivity contribution in [2.45, 2.75) is 6.92 Å². The molecular formula is C13H18ClN3O2. The predicted octanol–water partition coefficient (Wildman–Crippen LogP) is 1.47. The van der Waals surface area contributed by atoms with E-state index in [1.165, 1.54) is 9.80 Å². The molecule has 0 aliphatic heterocycles. The Balaban J connectivity index is 2.96. The maximum absolute atomic E-state index is 12.3. The first-order valence-electron chi connectivity index (χ1n) is 5.91. The summed E-state index contributed by atoms with van der Waals surface area (Å²) in [5.74, 6) is -0.437. The van der Waals surface area contributed by atoms with Gasteiger partial charge in [-0.05, 0) is 19.1 Å². The van der Waals surface area contributed by atoms with Crippen molar-refractivity contribution in [3.05, 3.63) is 28.8 Å². The molecule has 1 rings (SSSR count). The van der Waals surface area contributed by atoms with Gasteiger partial charge in [-0.1, -0.05) is 17.7 Å². The molecule has 104 valence electrons. The smallest absolute Gasteiger partial charge is 0.256 e. The lowest BCUT2D eigenvalue weighted by Crippen LogP contribution is -2.40. The molecular weight excluding hydrogens is 266 g/mol. The Labute approximate surface area is 117 Å². The second-order valence-corrected chi connectivity index (χ2v) is 4.72. The van der Waals surface area contributed by atoms with Crippen molar-refractivity contribution in [2.24, 2.45) is 0 Å². The molecule has 0 spiro atoms. The number of nitrogens with two attached hydrogens (primary N) is 1. The standard InChI is InChI=1S/C13H18ClN3O2/c1-4-17(8-11(18)16(2)3)13(19)9-6-5-7-10(14)12(9)15/h5-7H,4,8,15H2,1-3H3. The molecule has 0 aliphatic carbocycles. The SMILES string of the molecule is CCN(CC(=O)N(C)C)C(=O)c1cccc(Cl)c1N. The number of benzene rings is 1. The molecule has 0 saturated carbocycles. The number of carbonyl (C=O) groups excluding carboxylic acids is 2. The first-order valence-corrected chi connectivity index (χ1v) is 6.29. The van der Waals surface area contributed by atoms with Gasteiger partial charge in [-0.25, -0.2) is 0 Å². The van der Waals surface area contributed by atoms with Crippen LogP contribution in [0.4, 0.5) is 5.69 Å². The van der Waals surface area contributed by atoms with Crippen LogP contribution in [-0.4, -0.2) is 48.8 Å². The summed E-state index contributed by atoms with van der Waals surface area (Å²) in [4.78, 5) is 26.9. The first-order chi connectivity index (χ1) is 8.88. The van der Waals surface area contributed by atoms with Crippen molar-refractivity contribution in [3.63, 3.8) is 0 Å². The minimum absolute atomic E-state index is 0.0221. The molecule has 1 aromatic carbocycles. The number of rotatable bonds is 4. The van der Waals surface area contributed by atoms with E-state index in [1.807, 2.05) is 6.92 Å². The lowest BCUT2D eigenvalue weighted by Gasteiger charge is -2.23. The fourth-order valence-corrected chi connectivity index (χ4v) is 1.70. The number of hydrogen-bond donors (Lipinski definition) is 1. The largest absolute Gasteiger partial charge is 0.397 e. The fourth-order valence-electron chi connectivity index (χ4n) is 1.53. The molecule has 0 saturated heterocycles. The van der Waals surface area contributed by atoms with E-state index in [4.69, 9.17) is 17.3 Å². The zero-order chi connectivity index (χ0) is 14.6. The molecule has 0 radical (unpaired) electrons. The Hall–Kier alpha value is -1.75. The maximum Gasteiger partial charge on any atom is 0.256 e. The third-order valence-corrected chi connectivity index (χ3v) is 3.11. The van der Waals surface area contributed by atoms with Crippen molar-refractivity contribution in [3.8, 4) is 0 Å². The van der Waals surface area contributed by atoms with Crippen molar-refractivity contribution >= 4 is 29.1 Å². The van der Waals surface area contributed by atoms with Crippen LogP contribution >= 0.6 is 11.6 Å². The Kier molecular flexibility index (Phi) is 5.18. The van der Waals surface area contributed by atoms with Gasteiger partial charge < -0.3 is 15.5 Å². The molecule has 2 N–H and O–H groups in total. The highest BCUT2D eigenvalue weighted by Crippen LogP contribution is 2.23. The summed E-state index contributed by atoms with van der Waals surface area (Å²) < 4.78 is 0. The van der Waals surface area contributed by atoms with Gasteiger partial charge in [0.05, 0.1) is 22.8 Å². The summed E-state index contributed by atoms with van der Waals surface area (Å²) in [6.07, 6.45) is 0. The van der Waals surface area contributed by atoms with E-state index in [9.17, 15) is 9.59 Å². The lowest BCUT2D eigenvalue weighted by molar-refractivity contribution is -0.129. The number of carbonyl (C=O) groups is 2. The fraction of sp³-hybridized carbons (Fsp3) is 0.385. The van der Waals surface area contributed by atoms with Gasteiger partial charge in [0.15, 0.2) is 0 Å². The highest BCUT2D eigenvalue weighted by molar-refractivity contribution is 6.33. The number of amides is 2. The van der Waals surface area contributed by atoms with Gasteiger partial charge in [-0.15, -0.1) is 0 Å². The van der Waals surface area contributed by atoms with E-state index in [2.05, 4.69) is 0 Å². The van der Waals surface area contributed by atoms with Crippen molar-refractivity contribution in [1.29, 1.82) is 0 Å². The van der Waals surface area contributed by atoms with Gasteiger partial charge in [0.1, 0.15) is 0 Å². The number of nitrogens with zero attached hydrogens (tertiary/aromatic N) is 2. The van der Waals surface area contributed by atoms with Crippen molar-refractivity contribution in [2.75, 3.05) is 32.9 Å². The molecule has 0 unspecified atom stereocenters. The lowest BCUT2D eigenvalue weighted by atomic mass is 10.1. The van der Waals surface area contributed by atoms with Crippen LogP contribution in [0.15, 0.2) is 18.2 Å². The van der Waals surface area contributed by atoms with Crippen LogP contribution in [0, 0.1) is 0 Å². The summed E-state index contributed by atoms with van der Waals surface area (Å²) in [7, 11) is 3.29. The molecule has 0 aliphatic rings. The summed E-state index contributed by atoms with van der Waals surface area (Å²) in [5.41, 5.74) is 6.35. The Morgan fingerprint density at radius 2 is 1.95 bits per heavy atom. The Morgan fingerprint density at radius 3 is 2.47 bits per heavy atom. The van der Waals surface area contributed by atoms with E-state index in [0.29, 0.717) is 17.1 Å². The number of likely N-dealkylation sites (N-methyl/N-ethyl adjacent to an activating group) is 2. The van der Waals surface area contributed by atoms with E-state index in [0.717, 1.165) is 0 Å². The van der Waals surface area contributed by atoms with Crippen LogP contribution in [0.5, 0.6) is 0 Å². The molecule has 0 fully saturated rings. The zero-order valence-corrected chi connectivity index (χ0v) is 12.1. The van der Waals surface area contributed by atoms with Gasteiger partial charge in [0.25, 0.3) is 5.91 Å². The monoisotopic (exact) mass is 283 g/mol. The van der Waals surface area contributed by atoms with E-state index in [-0.39, 0.29) is 24.0 Å². The third-order valence-electron chi connectivity index (χ3n) is 2.78. The quantitative estimate of drug-likeness (QED) is 0.851. The minimum atomic E-state index is -0.294. The molecule has 1 aromatic rings. The van der Waals surface area contributed by atoms with Gasteiger partial charge in [0.2, 0.25) is 5.91 Å². The molecule has 0 heterocycles. The van der Waals surface area contributed by atoms with Crippen LogP contribution < -0.4 is 5.73 Å². The molecule has 6 heteroatoms. The van der Waals surface area contributed by atoms with Gasteiger partial charge in [0, 0.05) is 20.6 Å². The highest BCUT2D eigenvalue weighted by Gasteiger charge is 2.20. The van der Waals surface area contributed by atoms with Crippen molar-refractivity contribution in [1.82, 2.24) is 9.80 Å². The summed E-state index contributed by atoms with van der Waals surface area (Å²) >= 11 is 5.89. The third kappa shape index (κ3) is 3.61. The molecule has 2 amide bonds. The van der Waals surface area contributed by atoms with Crippen LogP contribution in [0.1, 0.15) is 17.3 Å². The molecule has 5 nitrogen and oxygen atoms in total. The number of nitrogen functional groups attached to an aromatic ring is 1. The van der Waals surface area contributed by atoms with Crippen LogP contribution in [-0.2, 0) is 4.79 Å². The van der Waals surface area contributed by atoms with E-state index in [1.54, 1.807) is 32.3 Å². The second kappa shape index (κ2) is 6.43. The molecule has 19 heavy (non-hydrogen) atoms. The predicted molar refractivity (Wildman–Crippen MR) is 76.1 cm³/mol. The zero-order valence-electron chi connectivity index (χ0n) is 11.3. The molecule has 0 atom stereocenters. The van der Waals surface area contributed by atoms with Gasteiger partial charge >= 0.3 is 0 Å². The number of halogens is 1. The molecule has 0 aromatic heterocycles. The minimum Gasteiger partial charge on any atom is -0.397 e. The Morgan fingerprint density at radius 1 is 1.32 bits per heavy atom. The maximum atomic E-state index is 12.3. The van der Waals surface area contributed by atoms with Crippen LogP contribution in [0.2, 0.25) is 5.02 Å². The van der Waals surface area contributed by atoms with Crippen molar-refractivity contribution < 1.29 is 9.59 Å². The van der Waals surface area contributed by atoms with Gasteiger partial charge in [-0.3, -0.25) is 9.59 Å². The average molecular weight is 284 g/mol. The topological polar surface area (TPSA) is 66.6 Å². The van der Waals surface area contributed by atoms with Crippen LogP contribution in [0.25, 0.3) is 0 Å². The number of anilines is 1. The second-order valence-electron chi connectivity index (χ2n) is 4.31. The van der Waals surface area contributed by atoms with E-state index >= 15 is 0 Å². The van der Waals surface area contributed by atoms with Crippen LogP contribution in [0.3, 0.4) is 0 Å².